The molecule has 2 aliphatic carbocycles. The molecule has 0 spiro atoms. The third-order valence-corrected chi connectivity index (χ3v) is 7.61. The standard InChI is InChI=1S/C19H23N10O5P/c1-35(32,33-18(2-3-18)6-28-8-22-10-12(28)24-16(20)26-14(10)30)34-19(4-5-19)7-29-9-23-11-13(29)25-17(21)27-15(11)31/h8-9H,2-7H2,1H3,(H3,20,24,26,30)(H3,21,25,27,31). The van der Waals surface area contributed by atoms with Crippen molar-refractivity contribution in [2.75, 3.05) is 18.1 Å². The van der Waals surface area contributed by atoms with E-state index in [1.54, 1.807) is 9.13 Å². The Hall–Kier alpha value is -3.55. The summed E-state index contributed by atoms with van der Waals surface area (Å²) in [5.41, 5.74) is 11.1. The highest BCUT2D eigenvalue weighted by molar-refractivity contribution is 7.53. The molecular weight excluding hydrogens is 479 g/mol. The number of aromatic nitrogens is 8. The average Bonchev–Trinajstić information content (AvgIpc) is 3.59. The number of aromatic hydroxyl groups is 2. The maximum Gasteiger partial charge on any atom is 0.328 e. The monoisotopic (exact) mass is 502 g/mol. The van der Waals surface area contributed by atoms with Crippen LogP contribution in [0.25, 0.3) is 22.3 Å². The second kappa shape index (κ2) is 7.23. The van der Waals surface area contributed by atoms with E-state index in [4.69, 9.17) is 20.5 Å². The second-order valence-electron chi connectivity index (χ2n) is 9.22. The molecule has 0 bridgehead atoms. The van der Waals surface area contributed by atoms with Gasteiger partial charge in [0.25, 0.3) is 0 Å². The minimum Gasteiger partial charge on any atom is -0.492 e. The van der Waals surface area contributed by atoms with Gasteiger partial charge in [-0.3, -0.25) is 4.57 Å². The van der Waals surface area contributed by atoms with E-state index in [0.717, 1.165) is 0 Å². The molecule has 16 heteroatoms. The van der Waals surface area contributed by atoms with E-state index < -0.39 is 18.8 Å². The Morgan fingerprint density at radius 1 is 0.857 bits per heavy atom. The van der Waals surface area contributed by atoms with Crippen molar-refractivity contribution >= 4 is 41.8 Å². The molecule has 0 saturated heterocycles. The Morgan fingerprint density at radius 3 is 1.63 bits per heavy atom. The third kappa shape index (κ3) is 4.00. The van der Waals surface area contributed by atoms with Crippen molar-refractivity contribution in [3.05, 3.63) is 12.7 Å². The van der Waals surface area contributed by atoms with Crippen molar-refractivity contribution < 1.29 is 23.8 Å². The molecular formula is C19H23N10O5P. The molecule has 15 nitrogen and oxygen atoms in total. The van der Waals surface area contributed by atoms with Crippen LogP contribution >= 0.6 is 7.60 Å². The fourth-order valence-corrected chi connectivity index (χ4v) is 6.23. The fourth-order valence-electron chi connectivity index (χ4n) is 4.30. The van der Waals surface area contributed by atoms with E-state index in [0.29, 0.717) is 50.1 Å². The Kier molecular flexibility index (Phi) is 4.53. The zero-order valence-corrected chi connectivity index (χ0v) is 19.6. The zero-order chi connectivity index (χ0) is 24.6. The molecule has 6 rings (SSSR count). The number of anilines is 2. The molecule has 4 aromatic heterocycles. The van der Waals surface area contributed by atoms with Gasteiger partial charge in [-0.05, 0) is 25.7 Å². The van der Waals surface area contributed by atoms with Crippen molar-refractivity contribution in [3.63, 3.8) is 0 Å². The number of fused-ring (bicyclic) bond motifs is 2. The maximum atomic E-state index is 13.5. The van der Waals surface area contributed by atoms with Crippen LogP contribution < -0.4 is 11.5 Å². The van der Waals surface area contributed by atoms with Crippen molar-refractivity contribution in [1.29, 1.82) is 0 Å². The SMILES string of the molecule is CP(=O)(OC1(Cn2cnc3c(O)nc(N)nc32)CC1)OC1(Cn2cnc3c(O)nc(N)nc32)CC1. The minimum absolute atomic E-state index is 0.0740. The van der Waals surface area contributed by atoms with Gasteiger partial charge in [-0.1, -0.05) is 0 Å². The summed E-state index contributed by atoms with van der Waals surface area (Å²) in [5.74, 6) is -0.751. The van der Waals surface area contributed by atoms with Gasteiger partial charge < -0.3 is 39.9 Å². The van der Waals surface area contributed by atoms with Gasteiger partial charge in [0, 0.05) is 6.66 Å². The highest BCUT2D eigenvalue weighted by Gasteiger charge is 2.54. The summed E-state index contributed by atoms with van der Waals surface area (Å²) >= 11 is 0. The first-order valence-electron chi connectivity index (χ1n) is 10.9. The molecule has 0 aromatic carbocycles. The van der Waals surface area contributed by atoms with Crippen LogP contribution in [-0.2, 0) is 26.7 Å². The number of hydrogen-bond acceptors (Lipinski definition) is 13. The highest BCUT2D eigenvalue weighted by Crippen LogP contribution is 2.62. The predicted octanol–water partition coefficient (Wildman–Crippen LogP) is 1.16. The van der Waals surface area contributed by atoms with Gasteiger partial charge in [0.15, 0.2) is 22.3 Å². The van der Waals surface area contributed by atoms with Gasteiger partial charge >= 0.3 is 7.60 Å². The summed E-state index contributed by atoms with van der Waals surface area (Å²) < 4.78 is 29.0. The summed E-state index contributed by atoms with van der Waals surface area (Å²) in [4.78, 5) is 24.0. The molecule has 4 aromatic rings. The second-order valence-corrected chi connectivity index (χ2v) is 11.1. The summed E-state index contributed by atoms with van der Waals surface area (Å²) in [6.07, 6.45) is 5.73. The van der Waals surface area contributed by atoms with Crippen LogP contribution in [0.15, 0.2) is 12.7 Å². The average molecular weight is 502 g/mol. The summed E-state index contributed by atoms with van der Waals surface area (Å²) in [7, 11) is -3.49. The highest BCUT2D eigenvalue weighted by atomic mass is 31.2. The lowest BCUT2D eigenvalue weighted by Crippen LogP contribution is -2.25. The predicted molar refractivity (Wildman–Crippen MR) is 122 cm³/mol. The third-order valence-electron chi connectivity index (χ3n) is 6.18. The normalized spacial score (nSPS) is 18.3. The number of nitrogens with two attached hydrogens (primary N) is 2. The lowest BCUT2D eigenvalue weighted by Gasteiger charge is -2.26. The van der Waals surface area contributed by atoms with E-state index in [9.17, 15) is 14.8 Å². The van der Waals surface area contributed by atoms with Crippen molar-refractivity contribution in [3.8, 4) is 11.8 Å². The molecule has 0 amide bonds. The maximum absolute atomic E-state index is 13.5. The Bertz CT molecular complexity index is 1420. The van der Waals surface area contributed by atoms with Crippen LogP contribution in [0, 0.1) is 0 Å². The molecule has 2 fully saturated rings. The topological polar surface area (TPSA) is 215 Å². The molecule has 0 unspecified atom stereocenters. The van der Waals surface area contributed by atoms with Crippen LogP contribution in [0.5, 0.6) is 11.8 Å². The van der Waals surface area contributed by atoms with Gasteiger partial charge in [0.2, 0.25) is 23.7 Å². The number of nitrogen functional groups attached to an aromatic ring is 2. The first-order valence-corrected chi connectivity index (χ1v) is 12.9. The van der Waals surface area contributed by atoms with Crippen molar-refractivity contribution in [2.24, 2.45) is 0 Å². The largest absolute Gasteiger partial charge is 0.492 e. The molecule has 0 aliphatic heterocycles. The molecule has 0 atom stereocenters. The first-order chi connectivity index (χ1) is 16.6. The van der Waals surface area contributed by atoms with E-state index >= 15 is 0 Å². The molecule has 35 heavy (non-hydrogen) atoms. The quantitative estimate of drug-likeness (QED) is 0.249. The minimum atomic E-state index is -3.49. The van der Waals surface area contributed by atoms with Gasteiger partial charge in [0.05, 0.1) is 36.9 Å². The summed E-state index contributed by atoms with van der Waals surface area (Å²) in [6.45, 7) is 2.09. The molecule has 0 radical (unpaired) electrons. The van der Waals surface area contributed by atoms with Crippen molar-refractivity contribution in [2.45, 2.75) is 50.0 Å². The van der Waals surface area contributed by atoms with Gasteiger partial charge in [-0.15, -0.1) is 0 Å². The van der Waals surface area contributed by atoms with Crippen LogP contribution in [-0.4, -0.2) is 67.1 Å². The zero-order valence-electron chi connectivity index (χ0n) is 18.7. The van der Waals surface area contributed by atoms with Crippen LogP contribution in [0.4, 0.5) is 11.9 Å². The van der Waals surface area contributed by atoms with Crippen LogP contribution in [0.1, 0.15) is 25.7 Å². The lowest BCUT2D eigenvalue weighted by molar-refractivity contribution is 0.0778. The molecule has 6 N–H and O–H groups in total. The molecule has 184 valence electrons. The van der Waals surface area contributed by atoms with E-state index in [2.05, 4.69) is 29.9 Å². The first kappa shape index (κ1) is 21.9. The van der Waals surface area contributed by atoms with Crippen LogP contribution in [0.3, 0.4) is 0 Å². The van der Waals surface area contributed by atoms with Gasteiger partial charge in [0.1, 0.15) is 0 Å². The number of nitrogens with zero attached hydrogens (tertiary/aromatic N) is 8. The molecule has 4 heterocycles. The molecule has 2 saturated carbocycles. The van der Waals surface area contributed by atoms with Crippen LogP contribution in [0.2, 0.25) is 0 Å². The molecule has 2 aliphatic rings. The van der Waals surface area contributed by atoms with Gasteiger partial charge in [-0.25, -0.2) is 9.97 Å². The Morgan fingerprint density at radius 2 is 1.26 bits per heavy atom. The Balaban J connectivity index is 1.19. The summed E-state index contributed by atoms with van der Waals surface area (Å²) in [5, 5.41) is 19.9. The lowest BCUT2D eigenvalue weighted by atomic mass is 10.3. The smallest absolute Gasteiger partial charge is 0.328 e. The van der Waals surface area contributed by atoms with E-state index in [-0.39, 0.29) is 34.7 Å². The number of hydrogen-bond donors (Lipinski definition) is 4. The number of imidazole rings is 2. The summed E-state index contributed by atoms with van der Waals surface area (Å²) in [6, 6.07) is 0. The van der Waals surface area contributed by atoms with E-state index in [1.165, 1.54) is 19.3 Å². The van der Waals surface area contributed by atoms with Crippen molar-refractivity contribution in [1.82, 2.24) is 39.0 Å². The number of rotatable bonds is 8. The van der Waals surface area contributed by atoms with Gasteiger partial charge in [-0.2, -0.15) is 19.9 Å². The van der Waals surface area contributed by atoms with E-state index in [1.807, 2.05) is 0 Å². The Labute approximate surface area is 197 Å². The fraction of sp³-hybridized carbons (Fsp3) is 0.474.